The molecule has 2 aromatic carbocycles. The van der Waals surface area contributed by atoms with Crippen LogP contribution in [0.25, 0.3) is 11.4 Å². The van der Waals surface area contributed by atoms with E-state index >= 15 is 0 Å². The number of ether oxygens (including phenoxy) is 1. The maximum Gasteiger partial charge on any atom is 0.269 e. The fraction of sp³-hybridized carbons (Fsp3) is 0.227. The fourth-order valence-electron chi connectivity index (χ4n) is 3.56. The molecule has 0 fully saturated rings. The van der Waals surface area contributed by atoms with Crippen molar-refractivity contribution in [1.82, 2.24) is 14.9 Å². The molecule has 0 saturated heterocycles. The van der Waals surface area contributed by atoms with Crippen LogP contribution in [-0.2, 0) is 4.79 Å². The molecule has 0 aliphatic carbocycles. The summed E-state index contributed by atoms with van der Waals surface area (Å²) in [6, 6.07) is 14.9. The maximum atomic E-state index is 12.7. The third kappa shape index (κ3) is 3.85. The monoisotopic (exact) mass is 390 g/mol. The van der Waals surface area contributed by atoms with Crippen molar-refractivity contribution in [2.45, 2.75) is 19.4 Å². The Morgan fingerprint density at radius 3 is 2.79 bits per heavy atom. The molecule has 2 heterocycles. The molecule has 1 unspecified atom stereocenters. The number of benzene rings is 2. The van der Waals surface area contributed by atoms with Crippen LogP contribution in [0.5, 0.6) is 5.75 Å². The summed E-state index contributed by atoms with van der Waals surface area (Å²) in [6.07, 6.45) is 1.78. The number of carbonyl (C=O) groups excluding carboxylic acids is 2. The Labute approximate surface area is 168 Å². The van der Waals surface area contributed by atoms with Crippen LogP contribution in [0.15, 0.2) is 54.7 Å². The van der Waals surface area contributed by atoms with E-state index < -0.39 is 0 Å². The standard InChI is InChI=1S/C22H22N4O3/c1-14-4-3-5-16(10-14)25-20(27)11-17-12-24-22(28)19-13-23-21(26(17)19)15-6-8-18(29-2)9-7-15/h3-10,13,17H,11-12H2,1-2H3,(H,24,28)(H,25,27). The molecule has 1 aliphatic rings. The minimum absolute atomic E-state index is 0.114. The van der Waals surface area contributed by atoms with Gasteiger partial charge in [-0.1, -0.05) is 12.1 Å². The average molecular weight is 390 g/mol. The van der Waals surface area contributed by atoms with E-state index in [0.29, 0.717) is 18.1 Å². The fourth-order valence-corrected chi connectivity index (χ4v) is 3.56. The molecule has 4 rings (SSSR count). The number of aryl methyl sites for hydroxylation is 1. The number of hydrogen-bond donors (Lipinski definition) is 2. The Balaban J connectivity index is 1.60. The topological polar surface area (TPSA) is 85.2 Å². The van der Waals surface area contributed by atoms with E-state index in [4.69, 9.17) is 4.74 Å². The van der Waals surface area contributed by atoms with Crippen LogP contribution in [0.3, 0.4) is 0 Å². The lowest BCUT2D eigenvalue weighted by molar-refractivity contribution is -0.117. The van der Waals surface area contributed by atoms with Crippen molar-refractivity contribution in [3.63, 3.8) is 0 Å². The lowest BCUT2D eigenvalue weighted by Crippen LogP contribution is -2.40. The Kier molecular flexibility index (Phi) is 5.03. The molecule has 0 radical (unpaired) electrons. The zero-order valence-corrected chi connectivity index (χ0v) is 16.3. The highest BCUT2D eigenvalue weighted by molar-refractivity contribution is 5.95. The molecular formula is C22H22N4O3. The van der Waals surface area contributed by atoms with Gasteiger partial charge in [0.05, 0.1) is 19.3 Å². The number of aromatic nitrogens is 2. The summed E-state index contributed by atoms with van der Waals surface area (Å²) in [5.74, 6) is 1.10. The predicted molar refractivity (Wildman–Crippen MR) is 110 cm³/mol. The van der Waals surface area contributed by atoms with Gasteiger partial charge in [0.1, 0.15) is 17.3 Å². The molecule has 2 N–H and O–H groups in total. The number of nitrogens with one attached hydrogen (secondary N) is 2. The first-order valence-electron chi connectivity index (χ1n) is 9.41. The minimum Gasteiger partial charge on any atom is -0.497 e. The van der Waals surface area contributed by atoms with E-state index in [0.717, 1.165) is 22.6 Å². The number of methoxy groups -OCH3 is 1. The van der Waals surface area contributed by atoms with Gasteiger partial charge in [0.15, 0.2) is 0 Å². The molecule has 7 heteroatoms. The molecule has 1 aromatic heterocycles. The zero-order chi connectivity index (χ0) is 20.4. The van der Waals surface area contributed by atoms with Crippen LogP contribution in [-0.4, -0.2) is 35.0 Å². The van der Waals surface area contributed by atoms with Crippen molar-refractivity contribution >= 4 is 17.5 Å². The van der Waals surface area contributed by atoms with Gasteiger partial charge in [-0.15, -0.1) is 0 Å². The summed E-state index contributed by atoms with van der Waals surface area (Å²) >= 11 is 0. The molecular weight excluding hydrogens is 368 g/mol. The van der Waals surface area contributed by atoms with Crippen molar-refractivity contribution in [3.8, 4) is 17.1 Å². The second-order valence-corrected chi connectivity index (χ2v) is 7.05. The molecule has 3 aromatic rings. The van der Waals surface area contributed by atoms with E-state index in [2.05, 4.69) is 15.6 Å². The summed E-state index contributed by atoms with van der Waals surface area (Å²) in [5, 5.41) is 5.79. The van der Waals surface area contributed by atoms with Crippen LogP contribution >= 0.6 is 0 Å². The number of carbonyl (C=O) groups is 2. The number of nitrogens with zero attached hydrogens (tertiary/aromatic N) is 2. The van der Waals surface area contributed by atoms with Crippen LogP contribution in [0, 0.1) is 6.92 Å². The minimum atomic E-state index is -0.230. The smallest absolute Gasteiger partial charge is 0.269 e. The van der Waals surface area contributed by atoms with Gasteiger partial charge >= 0.3 is 0 Å². The second kappa shape index (κ2) is 7.79. The maximum absolute atomic E-state index is 12.7. The van der Waals surface area contributed by atoms with Crippen LogP contribution in [0.2, 0.25) is 0 Å². The first-order chi connectivity index (χ1) is 14.0. The van der Waals surface area contributed by atoms with E-state index in [1.165, 1.54) is 0 Å². The van der Waals surface area contributed by atoms with Crippen molar-refractivity contribution in [1.29, 1.82) is 0 Å². The van der Waals surface area contributed by atoms with Crippen molar-refractivity contribution in [3.05, 3.63) is 66.0 Å². The normalized spacial score (nSPS) is 15.4. The lowest BCUT2D eigenvalue weighted by Gasteiger charge is -2.27. The largest absolute Gasteiger partial charge is 0.497 e. The van der Waals surface area contributed by atoms with E-state index in [9.17, 15) is 9.59 Å². The lowest BCUT2D eigenvalue weighted by atomic mass is 10.1. The molecule has 2 amide bonds. The van der Waals surface area contributed by atoms with Crippen molar-refractivity contribution < 1.29 is 14.3 Å². The highest BCUT2D eigenvalue weighted by Gasteiger charge is 2.30. The first kappa shape index (κ1) is 18.7. The first-order valence-corrected chi connectivity index (χ1v) is 9.41. The van der Waals surface area contributed by atoms with Crippen molar-refractivity contribution in [2.24, 2.45) is 0 Å². The van der Waals surface area contributed by atoms with Gasteiger partial charge in [-0.25, -0.2) is 4.98 Å². The van der Waals surface area contributed by atoms with Gasteiger partial charge in [0.25, 0.3) is 5.91 Å². The number of amides is 2. The Bertz CT molecular complexity index is 1060. The summed E-state index contributed by atoms with van der Waals surface area (Å²) in [5.41, 5.74) is 3.15. The van der Waals surface area contributed by atoms with E-state index in [1.54, 1.807) is 13.3 Å². The van der Waals surface area contributed by atoms with E-state index in [-0.39, 0.29) is 24.3 Å². The number of hydrogen-bond acceptors (Lipinski definition) is 4. The quantitative estimate of drug-likeness (QED) is 0.701. The third-order valence-corrected chi connectivity index (χ3v) is 4.96. The third-order valence-electron chi connectivity index (χ3n) is 4.96. The van der Waals surface area contributed by atoms with E-state index in [1.807, 2.05) is 60.0 Å². The zero-order valence-electron chi connectivity index (χ0n) is 16.3. The van der Waals surface area contributed by atoms with Crippen molar-refractivity contribution in [2.75, 3.05) is 19.0 Å². The number of rotatable bonds is 5. The highest BCUT2D eigenvalue weighted by atomic mass is 16.5. The Morgan fingerprint density at radius 2 is 2.07 bits per heavy atom. The molecule has 29 heavy (non-hydrogen) atoms. The van der Waals surface area contributed by atoms with Gasteiger partial charge < -0.3 is 19.9 Å². The SMILES string of the molecule is COc1ccc(-c2ncc3n2C(CC(=O)Nc2cccc(C)c2)CNC3=O)cc1. The van der Waals surface area contributed by atoms with Crippen LogP contribution in [0.4, 0.5) is 5.69 Å². The average Bonchev–Trinajstić information content (AvgIpc) is 3.16. The molecule has 0 bridgehead atoms. The molecule has 1 aliphatic heterocycles. The second-order valence-electron chi connectivity index (χ2n) is 7.05. The number of anilines is 1. The molecule has 148 valence electrons. The van der Waals surface area contributed by atoms with Gasteiger partial charge in [-0.2, -0.15) is 0 Å². The molecule has 7 nitrogen and oxygen atoms in total. The summed E-state index contributed by atoms with van der Waals surface area (Å²) in [6.45, 7) is 2.35. The van der Waals surface area contributed by atoms with Gasteiger partial charge in [0, 0.05) is 24.2 Å². The Hall–Kier alpha value is -3.61. The number of imidazole rings is 1. The van der Waals surface area contributed by atoms with Gasteiger partial charge in [-0.05, 0) is 48.9 Å². The van der Waals surface area contributed by atoms with Crippen LogP contribution in [0.1, 0.15) is 28.5 Å². The molecule has 0 saturated carbocycles. The van der Waals surface area contributed by atoms with Gasteiger partial charge in [-0.3, -0.25) is 9.59 Å². The highest BCUT2D eigenvalue weighted by Crippen LogP contribution is 2.29. The Morgan fingerprint density at radius 1 is 1.28 bits per heavy atom. The predicted octanol–water partition coefficient (Wildman–Crippen LogP) is 3.18. The van der Waals surface area contributed by atoms with Crippen LogP contribution < -0.4 is 15.4 Å². The summed E-state index contributed by atoms with van der Waals surface area (Å²) in [4.78, 5) is 29.4. The summed E-state index contributed by atoms with van der Waals surface area (Å²) < 4.78 is 7.07. The van der Waals surface area contributed by atoms with Gasteiger partial charge in [0.2, 0.25) is 5.91 Å². The molecule has 0 spiro atoms. The number of fused-ring (bicyclic) bond motifs is 1. The summed E-state index contributed by atoms with van der Waals surface area (Å²) in [7, 11) is 1.61. The molecule has 1 atom stereocenters.